The number of sulfonamides is 1. The topological polar surface area (TPSA) is 103 Å². The van der Waals surface area contributed by atoms with E-state index in [1.807, 2.05) is 23.1 Å². The third-order valence-electron chi connectivity index (χ3n) is 8.79. The van der Waals surface area contributed by atoms with Crippen LogP contribution in [0.2, 0.25) is 0 Å². The lowest BCUT2D eigenvalue weighted by atomic mass is 9.68. The summed E-state index contributed by atoms with van der Waals surface area (Å²) in [5.74, 6) is 0.117. The number of piperidine rings is 1. The van der Waals surface area contributed by atoms with Crippen molar-refractivity contribution in [3.05, 3.63) is 59.5 Å². The second kappa shape index (κ2) is 9.36. The van der Waals surface area contributed by atoms with Crippen LogP contribution in [0.25, 0.3) is 10.9 Å². The van der Waals surface area contributed by atoms with Gasteiger partial charge in [-0.3, -0.25) is 4.79 Å². The van der Waals surface area contributed by atoms with E-state index in [9.17, 15) is 22.7 Å². The number of halogens is 1. The smallest absolute Gasteiger partial charge is 0.246 e. The molecule has 1 unspecified atom stereocenters. The fourth-order valence-corrected chi connectivity index (χ4v) is 8.21. The molecule has 2 fully saturated rings. The molecule has 1 saturated heterocycles. The Bertz CT molecular complexity index is 1490. The van der Waals surface area contributed by atoms with E-state index in [0.717, 1.165) is 41.8 Å². The van der Waals surface area contributed by atoms with Gasteiger partial charge in [-0.2, -0.15) is 4.31 Å². The number of methoxy groups -OCH3 is 1. The van der Waals surface area contributed by atoms with Gasteiger partial charge in [0.2, 0.25) is 15.9 Å². The van der Waals surface area contributed by atoms with Gasteiger partial charge in [0.15, 0.2) is 0 Å². The van der Waals surface area contributed by atoms with Gasteiger partial charge < -0.3 is 19.7 Å². The summed E-state index contributed by atoms with van der Waals surface area (Å²) >= 11 is 0. The van der Waals surface area contributed by atoms with Crippen molar-refractivity contribution in [3.8, 4) is 5.75 Å². The van der Waals surface area contributed by atoms with Crippen molar-refractivity contribution < 1.29 is 27.4 Å². The highest BCUT2D eigenvalue weighted by Gasteiger charge is 2.51. The molecule has 10 heteroatoms. The van der Waals surface area contributed by atoms with E-state index in [-0.39, 0.29) is 18.4 Å². The molecule has 1 aliphatic carbocycles. The number of aromatic nitrogens is 1. The van der Waals surface area contributed by atoms with Crippen LogP contribution in [0.15, 0.2) is 47.4 Å². The molecule has 0 bridgehead atoms. The molecular weight excluding hydrogens is 509 g/mol. The predicted molar refractivity (Wildman–Crippen MR) is 140 cm³/mol. The number of hydrogen-bond acceptors (Lipinski definition) is 5. The number of likely N-dealkylation sites (tertiary alicyclic amines) is 1. The summed E-state index contributed by atoms with van der Waals surface area (Å²) in [6.45, 7) is 0.670. The number of hydrogen-bond donors (Lipinski definition) is 2. The predicted octanol–water partition coefficient (Wildman–Crippen LogP) is 3.71. The first kappa shape index (κ1) is 25.3. The van der Waals surface area contributed by atoms with E-state index < -0.39 is 38.8 Å². The van der Waals surface area contributed by atoms with Gasteiger partial charge in [-0.05, 0) is 55.5 Å². The zero-order chi connectivity index (χ0) is 26.7. The number of nitrogens with one attached hydrogen (secondary N) is 1. The fourth-order valence-electron chi connectivity index (χ4n) is 6.47. The first-order chi connectivity index (χ1) is 18.3. The third-order valence-corrected chi connectivity index (χ3v) is 10.7. The van der Waals surface area contributed by atoms with Gasteiger partial charge in [0.05, 0.1) is 19.8 Å². The van der Waals surface area contributed by atoms with Crippen LogP contribution in [0.5, 0.6) is 5.75 Å². The monoisotopic (exact) mass is 541 g/mol. The molecule has 2 N–H and O–H groups in total. The number of rotatable bonds is 5. The van der Waals surface area contributed by atoms with Crippen molar-refractivity contribution in [1.29, 1.82) is 0 Å². The summed E-state index contributed by atoms with van der Waals surface area (Å²) in [6.07, 6.45) is 4.09. The Labute approximate surface area is 221 Å². The minimum atomic E-state index is -4.29. The highest BCUT2D eigenvalue weighted by Crippen LogP contribution is 2.50. The van der Waals surface area contributed by atoms with Gasteiger partial charge in [-0.25, -0.2) is 12.8 Å². The lowest BCUT2D eigenvalue weighted by molar-refractivity contribution is -0.140. The minimum absolute atomic E-state index is 0.0896. The molecule has 2 aliphatic heterocycles. The zero-order valence-electron chi connectivity index (χ0n) is 21.3. The first-order valence-electron chi connectivity index (χ1n) is 13.2. The molecule has 1 amide bonds. The Balaban J connectivity index is 1.47. The summed E-state index contributed by atoms with van der Waals surface area (Å²) in [5, 5.41) is 11.5. The molecule has 1 aromatic heterocycles. The minimum Gasteiger partial charge on any atom is -0.497 e. The maximum atomic E-state index is 14.8. The maximum Gasteiger partial charge on any atom is 0.246 e. The van der Waals surface area contributed by atoms with Crippen molar-refractivity contribution >= 4 is 26.8 Å². The number of ether oxygens (including phenoxy) is 1. The molecule has 202 valence electrons. The van der Waals surface area contributed by atoms with Crippen molar-refractivity contribution in [2.24, 2.45) is 5.92 Å². The van der Waals surface area contributed by atoms with Crippen LogP contribution in [0.4, 0.5) is 4.39 Å². The maximum absolute atomic E-state index is 14.8. The number of amides is 1. The van der Waals surface area contributed by atoms with Crippen molar-refractivity contribution in [2.75, 3.05) is 33.4 Å². The molecule has 1 spiro atoms. The molecular formula is C28H32FN3O5S. The quantitative estimate of drug-likeness (QED) is 0.513. The van der Waals surface area contributed by atoms with Crippen LogP contribution < -0.4 is 4.74 Å². The summed E-state index contributed by atoms with van der Waals surface area (Å²) in [6, 6.07) is 10.1. The van der Waals surface area contributed by atoms with Gasteiger partial charge in [-0.1, -0.05) is 18.6 Å². The number of carbonyl (C=O) groups excluding carboxylic acids is 1. The molecule has 3 aliphatic rings. The third kappa shape index (κ3) is 3.84. The number of fused-ring (bicyclic) bond motifs is 4. The lowest BCUT2D eigenvalue weighted by Gasteiger charge is -2.50. The van der Waals surface area contributed by atoms with E-state index in [1.54, 1.807) is 7.11 Å². The molecule has 3 aromatic rings. The fraction of sp³-hybridized carbons (Fsp3) is 0.464. The standard InChI is InChI=1S/C28H32FN3O5S/c1-37-19-9-10-20-22(15-19)30-26-23(16-33)32(38(35,36)24-8-3-2-7-21(24)29)17-28(25(20)26)11-13-31(14-12-28)27(34)18-5-4-6-18/h2-3,7-10,15,18,23,30,33H,4-6,11-14,16-17H2,1H3. The molecule has 6 rings (SSSR count). The van der Waals surface area contributed by atoms with Crippen LogP contribution in [0, 0.1) is 11.7 Å². The number of aromatic amines is 1. The molecule has 1 saturated carbocycles. The lowest BCUT2D eigenvalue weighted by Crippen LogP contribution is -2.56. The average Bonchev–Trinajstić information content (AvgIpc) is 3.27. The number of aliphatic hydroxyl groups excluding tert-OH is 1. The molecule has 8 nitrogen and oxygen atoms in total. The highest BCUT2D eigenvalue weighted by molar-refractivity contribution is 7.89. The Kier molecular flexibility index (Phi) is 6.24. The Morgan fingerprint density at radius 3 is 2.55 bits per heavy atom. The van der Waals surface area contributed by atoms with Gasteiger partial charge >= 0.3 is 0 Å². The van der Waals surface area contributed by atoms with Crippen LogP contribution in [-0.2, 0) is 20.2 Å². The molecule has 3 heterocycles. The number of carbonyl (C=O) groups is 1. The van der Waals surface area contributed by atoms with Crippen molar-refractivity contribution in [3.63, 3.8) is 0 Å². The van der Waals surface area contributed by atoms with E-state index in [1.165, 1.54) is 22.5 Å². The molecule has 0 radical (unpaired) electrons. The summed E-state index contributed by atoms with van der Waals surface area (Å²) < 4.78 is 49.3. The second-order valence-corrected chi connectivity index (χ2v) is 12.6. The Hall–Kier alpha value is -2.95. The Morgan fingerprint density at radius 2 is 1.92 bits per heavy atom. The summed E-state index contributed by atoms with van der Waals surface area (Å²) in [7, 11) is -2.70. The van der Waals surface area contributed by atoms with Gasteiger partial charge in [-0.15, -0.1) is 0 Å². The van der Waals surface area contributed by atoms with E-state index >= 15 is 0 Å². The van der Waals surface area contributed by atoms with Gasteiger partial charge in [0.25, 0.3) is 0 Å². The zero-order valence-corrected chi connectivity index (χ0v) is 22.1. The van der Waals surface area contributed by atoms with E-state index in [2.05, 4.69) is 4.98 Å². The van der Waals surface area contributed by atoms with Gasteiger partial charge in [0.1, 0.15) is 16.5 Å². The summed E-state index contributed by atoms with van der Waals surface area (Å²) in [5.41, 5.74) is 1.76. The van der Waals surface area contributed by atoms with Crippen LogP contribution in [0.3, 0.4) is 0 Å². The van der Waals surface area contributed by atoms with Crippen molar-refractivity contribution in [2.45, 2.75) is 48.5 Å². The van der Waals surface area contributed by atoms with Crippen LogP contribution in [0.1, 0.15) is 49.4 Å². The number of aliphatic hydroxyl groups is 1. The molecule has 38 heavy (non-hydrogen) atoms. The summed E-state index contributed by atoms with van der Waals surface area (Å²) in [4.78, 5) is 17.9. The average molecular weight is 542 g/mol. The first-order valence-corrected chi connectivity index (χ1v) is 14.6. The normalized spacial score (nSPS) is 21.9. The molecule has 1 atom stereocenters. The van der Waals surface area contributed by atoms with Gasteiger partial charge in [0, 0.05) is 53.6 Å². The van der Waals surface area contributed by atoms with Crippen LogP contribution >= 0.6 is 0 Å². The highest BCUT2D eigenvalue weighted by atomic mass is 32.2. The molecule has 2 aromatic carbocycles. The SMILES string of the molecule is COc1ccc2c3c([nH]c2c1)C(CO)N(S(=O)(=O)c1ccccc1F)CC31CCN(C(=O)C2CCC2)CC1. The van der Waals surface area contributed by atoms with Crippen molar-refractivity contribution in [1.82, 2.24) is 14.2 Å². The van der Waals surface area contributed by atoms with Crippen LogP contribution in [-0.4, -0.2) is 67.0 Å². The van der Waals surface area contributed by atoms with E-state index in [4.69, 9.17) is 4.74 Å². The Morgan fingerprint density at radius 1 is 1.18 bits per heavy atom. The number of benzene rings is 2. The second-order valence-electron chi connectivity index (χ2n) is 10.7. The number of nitrogens with zero attached hydrogens (tertiary/aromatic N) is 2. The number of H-pyrrole nitrogens is 1. The largest absolute Gasteiger partial charge is 0.497 e. The van der Waals surface area contributed by atoms with E-state index in [0.29, 0.717) is 37.4 Å².